The second-order valence-electron chi connectivity index (χ2n) is 6.25. The first kappa shape index (κ1) is 17.5. The van der Waals surface area contributed by atoms with Crippen LogP contribution >= 0.6 is 0 Å². The van der Waals surface area contributed by atoms with Gasteiger partial charge in [-0.2, -0.15) is 0 Å². The minimum Gasteiger partial charge on any atom is -0.343 e. The molecule has 118 valence electrons. The molecule has 1 amide bonds. The number of amides is 1. The van der Waals surface area contributed by atoms with Crippen molar-refractivity contribution >= 4 is 5.91 Å². The Morgan fingerprint density at radius 1 is 1.25 bits per heavy atom. The van der Waals surface area contributed by atoms with E-state index in [0.29, 0.717) is 11.8 Å². The largest absolute Gasteiger partial charge is 0.343 e. The Kier molecular flexibility index (Phi) is 8.92. The molecule has 20 heavy (non-hydrogen) atoms. The molecule has 0 aromatic carbocycles. The lowest BCUT2D eigenvalue weighted by Crippen LogP contribution is -2.41. The molecule has 1 unspecified atom stereocenters. The van der Waals surface area contributed by atoms with Crippen LogP contribution in [0, 0.1) is 11.8 Å². The average molecular weight is 282 g/mol. The summed E-state index contributed by atoms with van der Waals surface area (Å²) in [5, 5.41) is 3.42. The topological polar surface area (TPSA) is 32.3 Å². The maximum atomic E-state index is 12.4. The number of piperidine rings is 1. The molecule has 0 aromatic heterocycles. The van der Waals surface area contributed by atoms with E-state index in [1.54, 1.807) is 0 Å². The fourth-order valence-electron chi connectivity index (χ4n) is 3.05. The molecule has 0 radical (unpaired) electrons. The van der Waals surface area contributed by atoms with E-state index in [9.17, 15) is 4.79 Å². The smallest absolute Gasteiger partial charge is 0.222 e. The van der Waals surface area contributed by atoms with Gasteiger partial charge in [0.15, 0.2) is 0 Å². The van der Waals surface area contributed by atoms with Crippen LogP contribution in [0.4, 0.5) is 0 Å². The third kappa shape index (κ3) is 6.25. The van der Waals surface area contributed by atoms with Crippen molar-refractivity contribution < 1.29 is 4.79 Å². The zero-order chi connectivity index (χ0) is 14.8. The number of carbonyl (C=O) groups excluding carboxylic acids is 1. The highest BCUT2D eigenvalue weighted by Crippen LogP contribution is 2.21. The van der Waals surface area contributed by atoms with Crippen LogP contribution in [-0.2, 0) is 4.79 Å². The molecule has 0 bridgehead atoms. The maximum Gasteiger partial charge on any atom is 0.222 e. The lowest BCUT2D eigenvalue weighted by molar-refractivity contribution is -0.133. The van der Waals surface area contributed by atoms with Gasteiger partial charge in [-0.25, -0.2) is 0 Å². The predicted octanol–water partition coefficient (Wildman–Crippen LogP) is 3.44. The zero-order valence-electron chi connectivity index (χ0n) is 13.8. The molecule has 1 rings (SSSR count). The highest BCUT2D eigenvalue weighted by Gasteiger charge is 2.23. The van der Waals surface area contributed by atoms with E-state index < -0.39 is 0 Å². The first-order valence-electron chi connectivity index (χ1n) is 8.69. The summed E-state index contributed by atoms with van der Waals surface area (Å²) in [4.78, 5) is 14.5. The zero-order valence-corrected chi connectivity index (χ0v) is 13.8. The quantitative estimate of drug-likeness (QED) is 0.702. The average Bonchev–Trinajstić information content (AvgIpc) is 2.49. The number of nitrogens with one attached hydrogen (secondary N) is 1. The minimum absolute atomic E-state index is 0.398. The molecule has 1 aliphatic heterocycles. The van der Waals surface area contributed by atoms with Gasteiger partial charge in [-0.3, -0.25) is 4.79 Å². The van der Waals surface area contributed by atoms with Gasteiger partial charge in [-0.15, -0.1) is 0 Å². The van der Waals surface area contributed by atoms with Crippen molar-refractivity contribution in [3.63, 3.8) is 0 Å². The summed E-state index contributed by atoms with van der Waals surface area (Å²) in [7, 11) is 0. The van der Waals surface area contributed by atoms with Crippen molar-refractivity contribution in [3.8, 4) is 0 Å². The van der Waals surface area contributed by atoms with Crippen LogP contribution in [-0.4, -0.2) is 37.0 Å². The van der Waals surface area contributed by atoms with Crippen LogP contribution in [0.15, 0.2) is 0 Å². The van der Waals surface area contributed by atoms with Crippen molar-refractivity contribution in [1.82, 2.24) is 10.2 Å². The van der Waals surface area contributed by atoms with Gasteiger partial charge in [-0.1, -0.05) is 40.0 Å². The van der Waals surface area contributed by atoms with Crippen molar-refractivity contribution in [3.05, 3.63) is 0 Å². The summed E-state index contributed by atoms with van der Waals surface area (Å²) in [6.45, 7) is 10.7. The first-order chi connectivity index (χ1) is 9.71. The third-order valence-corrected chi connectivity index (χ3v) is 4.66. The Hall–Kier alpha value is -0.570. The number of likely N-dealkylation sites (tertiary alicyclic amines) is 1. The number of hydrogen-bond donors (Lipinski definition) is 1. The van der Waals surface area contributed by atoms with Crippen LogP contribution in [0.3, 0.4) is 0 Å². The molecule has 0 spiro atoms. The molecule has 3 nitrogen and oxygen atoms in total. The maximum absolute atomic E-state index is 12.4. The summed E-state index contributed by atoms with van der Waals surface area (Å²) >= 11 is 0. The molecule has 0 aromatic rings. The van der Waals surface area contributed by atoms with Gasteiger partial charge >= 0.3 is 0 Å². The third-order valence-electron chi connectivity index (χ3n) is 4.66. The van der Waals surface area contributed by atoms with E-state index >= 15 is 0 Å². The van der Waals surface area contributed by atoms with Crippen molar-refractivity contribution in [2.45, 2.75) is 65.7 Å². The van der Waals surface area contributed by atoms with E-state index in [4.69, 9.17) is 0 Å². The minimum atomic E-state index is 0.398. The van der Waals surface area contributed by atoms with E-state index in [0.717, 1.165) is 44.9 Å². The van der Waals surface area contributed by atoms with Gasteiger partial charge in [0.05, 0.1) is 0 Å². The van der Waals surface area contributed by atoms with Gasteiger partial charge in [0.1, 0.15) is 0 Å². The number of nitrogens with zero attached hydrogens (tertiary/aromatic N) is 1. The van der Waals surface area contributed by atoms with Crippen molar-refractivity contribution in [1.29, 1.82) is 0 Å². The SMILES string of the molecule is CCCCC(CC)CC(=O)N1CCC(CNCC)CC1. The summed E-state index contributed by atoms with van der Waals surface area (Å²) in [6.07, 6.45) is 7.97. The van der Waals surface area contributed by atoms with E-state index in [-0.39, 0.29) is 0 Å². The fraction of sp³-hybridized carbons (Fsp3) is 0.941. The Morgan fingerprint density at radius 3 is 2.50 bits per heavy atom. The number of rotatable bonds is 9. The van der Waals surface area contributed by atoms with Gasteiger partial charge in [0.2, 0.25) is 5.91 Å². The Bertz CT molecular complexity index is 260. The standard InChI is InChI=1S/C17H34N2O/c1-4-7-8-15(5-2)13-17(20)19-11-9-16(10-12-19)14-18-6-3/h15-16,18H,4-14H2,1-3H3. The van der Waals surface area contributed by atoms with Crippen LogP contribution in [0.5, 0.6) is 0 Å². The summed E-state index contributed by atoms with van der Waals surface area (Å²) in [6, 6.07) is 0. The summed E-state index contributed by atoms with van der Waals surface area (Å²) in [5.41, 5.74) is 0. The first-order valence-corrected chi connectivity index (χ1v) is 8.69. The molecule has 1 atom stereocenters. The molecular formula is C17H34N2O. The molecule has 1 fully saturated rings. The highest BCUT2D eigenvalue weighted by atomic mass is 16.2. The van der Waals surface area contributed by atoms with Crippen LogP contribution in [0.25, 0.3) is 0 Å². The second-order valence-corrected chi connectivity index (χ2v) is 6.25. The Labute approximate surface area is 125 Å². The summed E-state index contributed by atoms with van der Waals surface area (Å²) in [5.74, 6) is 1.76. The van der Waals surface area contributed by atoms with E-state index in [1.807, 2.05) is 0 Å². The molecular weight excluding hydrogens is 248 g/mol. The van der Waals surface area contributed by atoms with Gasteiger partial charge in [0.25, 0.3) is 0 Å². The van der Waals surface area contributed by atoms with E-state index in [2.05, 4.69) is 31.0 Å². The monoisotopic (exact) mass is 282 g/mol. The summed E-state index contributed by atoms with van der Waals surface area (Å²) < 4.78 is 0. The number of carbonyl (C=O) groups is 1. The second kappa shape index (κ2) is 10.2. The van der Waals surface area contributed by atoms with Crippen molar-refractivity contribution in [2.75, 3.05) is 26.2 Å². The van der Waals surface area contributed by atoms with Crippen LogP contribution < -0.4 is 5.32 Å². The lowest BCUT2D eigenvalue weighted by atomic mass is 9.93. The number of hydrogen-bond acceptors (Lipinski definition) is 2. The Morgan fingerprint density at radius 2 is 1.95 bits per heavy atom. The molecule has 0 saturated carbocycles. The van der Waals surface area contributed by atoms with Crippen LogP contribution in [0.1, 0.15) is 65.7 Å². The van der Waals surface area contributed by atoms with Crippen molar-refractivity contribution in [2.24, 2.45) is 11.8 Å². The molecule has 1 aliphatic rings. The number of unbranched alkanes of at least 4 members (excludes halogenated alkanes) is 1. The van der Waals surface area contributed by atoms with Gasteiger partial charge in [-0.05, 0) is 44.2 Å². The molecule has 0 aliphatic carbocycles. The van der Waals surface area contributed by atoms with Gasteiger partial charge < -0.3 is 10.2 Å². The molecule has 1 saturated heterocycles. The highest BCUT2D eigenvalue weighted by molar-refractivity contribution is 5.76. The lowest BCUT2D eigenvalue weighted by Gasteiger charge is -2.33. The normalized spacial score (nSPS) is 18.2. The van der Waals surface area contributed by atoms with E-state index in [1.165, 1.54) is 32.1 Å². The van der Waals surface area contributed by atoms with Crippen LogP contribution in [0.2, 0.25) is 0 Å². The molecule has 1 N–H and O–H groups in total. The predicted molar refractivity (Wildman–Crippen MR) is 85.8 cm³/mol. The Balaban J connectivity index is 2.27. The molecule has 1 heterocycles. The molecule has 3 heteroatoms. The fourth-order valence-corrected chi connectivity index (χ4v) is 3.05. The van der Waals surface area contributed by atoms with Gasteiger partial charge in [0, 0.05) is 19.5 Å².